The fraction of sp³-hybridized carbons (Fsp3) is 0.818. The Balaban J connectivity index is 2.22. The standard InChI is InChI=1S/C11H20N2O3/c1-2-16-9(14)4-7-13-10(15)11(8-12)5-3-6-11/h2-8,12H2,1H3,(H,13,15). The smallest absolute Gasteiger partial charge is 0.307 e. The molecule has 1 aliphatic rings. The zero-order chi connectivity index (χ0) is 12.0. The molecule has 0 radical (unpaired) electrons. The molecular formula is C11H20N2O3. The van der Waals surface area contributed by atoms with Gasteiger partial charge in [-0.2, -0.15) is 0 Å². The largest absolute Gasteiger partial charge is 0.466 e. The van der Waals surface area contributed by atoms with Gasteiger partial charge in [-0.05, 0) is 19.8 Å². The summed E-state index contributed by atoms with van der Waals surface area (Å²) in [4.78, 5) is 22.8. The predicted molar refractivity (Wildman–Crippen MR) is 59.6 cm³/mol. The fourth-order valence-corrected chi connectivity index (χ4v) is 1.83. The van der Waals surface area contributed by atoms with Gasteiger partial charge in [-0.25, -0.2) is 0 Å². The van der Waals surface area contributed by atoms with Crippen LogP contribution in [0.1, 0.15) is 32.6 Å². The first-order chi connectivity index (χ1) is 7.64. The van der Waals surface area contributed by atoms with Crippen molar-refractivity contribution in [2.45, 2.75) is 32.6 Å². The van der Waals surface area contributed by atoms with Crippen LogP contribution in [0.25, 0.3) is 0 Å². The van der Waals surface area contributed by atoms with E-state index < -0.39 is 0 Å². The first-order valence-corrected chi connectivity index (χ1v) is 5.78. The van der Waals surface area contributed by atoms with Gasteiger partial charge in [0.2, 0.25) is 5.91 Å². The van der Waals surface area contributed by atoms with Crippen LogP contribution in [0, 0.1) is 5.41 Å². The van der Waals surface area contributed by atoms with E-state index in [0.717, 1.165) is 19.3 Å². The van der Waals surface area contributed by atoms with Crippen molar-refractivity contribution in [2.24, 2.45) is 11.1 Å². The molecule has 0 spiro atoms. The van der Waals surface area contributed by atoms with Gasteiger partial charge >= 0.3 is 5.97 Å². The van der Waals surface area contributed by atoms with Crippen LogP contribution in [0.4, 0.5) is 0 Å². The van der Waals surface area contributed by atoms with Crippen LogP contribution in [0.15, 0.2) is 0 Å². The number of rotatable bonds is 6. The Kier molecular flexibility index (Phi) is 4.73. The van der Waals surface area contributed by atoms with E-state index in [1.54, 1.807) is 6.92 Å². The number of carbonyl (C=O) groups is 2. The van der Waals surface area contributed by atoms with Crippen LogP contribution in [-0.2, 0) is 14.3 Å². The average Bonchev–Trinajstić information content (AvgIpc) is 2.17. The quantitative estimate of drug-likeness (QED) is 0.636. The molecule has 5 heteroatoms. The van der Waals surface area contributed by atoms with Gasteiger partial charge < -0.3 is 15.8 Å². The second-order valence-electron chi connectivity index (χ2n) is 4.15. The molecule has 0 atom stereocenters. The topological polar surface area (TPSA) is 81.4 Å². The van der Waals surface area contributed by atoms with E-state index in [-0.39, 0.29) is 23.7 Å². The van der Waals surface area contributed by atoms with Gasteiger partial charge in [0.15, 0.2) is 0 Å². The van der Waals surface area contributed by atoms with Crippen molar-refractivity contribution in [3.05, 3.63) is 0 Å². The minimum Gasteiger partial charge on any atom is -0.466 e. The Morgan fingerprint density at radius 1 is 1.44 bits per heavy atom. The highest BCUT2D eigenvalue weighted by molar-refractivity contribution is 5.84. The lowest BCUT2D eigenvalue weighted by Crippen LogP contribution is -2.50. The lowest BCUT2D eigenvalue weighted by Gasteiger charge is -2.39. The molecule has 92 valence electrons. The second-order valence-corrected chi connectivity index (χ2v) is 4.15. The molecule has 5 nitrogen and oxygen atoms in total. The van der Waals surface area contributed by atoms with Crippen LogP contribution in [0.2, 0.25) is 0 Å². The van der Waals surface area contributed by atoms with Crippen molar-refractivity contribution < 1.29 is 14.3 Å². The fourth-order valence-electron chi connectivity index (χ4n) is 1.83. The summed E-state index contributed by atoms with van der Waals surface area (Å²) in [5.74, 6) is -0.302. The van der Waals surface area contributed by atoms with E-state index in [9.17, 15) is 9.59 Å². The molecule has 0 saturated heterocycles. The molecule has 0 aromatic carbocycles. The summed E-state index contributed by atoms with van der Waals surface area (Å²) in [6.45, 7) is 2.85. The van der Waals surface area contributed by atoms with Crippen molar-refractivity contribution >= 4 is 11.9 Å². The van der Waals surface area contributed by atoms with E-state index in [1.165, 1.54) is 0 Å². The number of nitrogens with two attached hydrogens (primary N) is 1. The number of amides is 1. The summed E-state index contributed by atoms with van der Waals surface area (Å²) in [6, 6.07) is 0. The molecule has 1 rings (SSSR count). The molecule has 0 aromatic heterocycles. The predicted octanol–water partition coefficient (Wildman–Crippen LogP) is 0.185. The first kappa shape index (κ1) is 13.0. The maximum Gasteiger partial charge on any atom is 0.307 e. The highest BCUT2D eigenvalue weighted by Crippen LogP contribution is 2.39. The van der Waals surface area contributed by atoms with E-state index in [0.29, 0.717) is 19.7 Å². The zero-order valence-electron chi connectivity index (χ0n) is 9.75. The third-order valence-electron chi connectivity index (χ3n) is 3.10. The van der Waals surface area contributed by atoms with Crippen molar-refractivity contribution in [1.82, 2.24) is 5.32 Å². The Morgan fingerprint density at radius 2 is 2.12 bits per heavy atom. The lowest BCUT2D eigenvalue weighted by molar-refractivity contribution is -0.143. The molecular weight excluding hydrogens is 208 g/mol. The number of hydrogen-bond acceptors (Lipinski definition) is 4. The second kappa shape index (κ2) is 5.84. The summed E-state index contributed by atoms with van der Waals surface area (Å²) in [6.07, 6.45) is 2.99. The van der Waals surface area contributed by atoms with Crippen molar-refractivity contribution in [3.8, 4) is 0 Å². The minimum atomic E-state index is -0.366. The number of carbonyl (C=O) groups excluding carboxylic acids is 2. The third-order valence-corrected chi connectivity index (χ3v) is 3.10. The molecule has 0 unspecified atom stereocenters. The SMILES string of the molecule is CCOC(=O)CCNC(=O)C1(CN)CCC1. The van der Waals surface area contributed by atoms with Crippen molar-refractivity contribution in [2.75, 3.05) is 19.7 Å². The normalized spacial score (nSPS) is 17.4. The molecule has 0 bridgehead atoms. The van der Waals surface area contributed by atoms with Crippen LogP contribution in [0.3, 0.4) is 0 Å². The molecule has 1 saturated carbocycles. The molecule has 1 fully saturated rings. The Labute approximate surface area is 95.7 Å². The third kappa shape index (κ3) is 2.95. The molecule has 0 aliphatic heterocycles. The first-order valence-electron chi connectivity index (χ1n) is 5.78. The van der Waals surface area contributed by atoms with Gasteiger partial charge in [-0.3, -0.25) is 9.59 Å². The number of esters is 1. The van der Waals surface area contributed by atoms with Crippen molar-refractivity contribution in [3.63, 3.8) is 0 Å². The highest BCUT2D eigenvalue weighted by atomic mass is 16.5. The van der Waals surface area contributed by atoms with Gasteiger partial charge in [-0.1, -0.05) is 6.42 Å². The van der Waals surface area contributed by atoms with Crippen LogP contribution in [0.5, 0.6) is 0 Å². The maximum absolute atomic E-state index is 11.8. The Morgan fingerprint density at radius 3 is 2.56 bits per heavy atom. The number of ether oxygens (including phenoxy) is 1. The molecule has 0 heterocycles. The van der Waals surface area contributed by atoms with E-state index in [4.69, 9.17) is 10.5 Å². The van der Waals surface area contributed by atoms with E-state index in [1.807, 2.05) is 0 Å². The molecule has 1 aliphatic carbocycles. The Bertz CT molecular complexity index is 256. The van der Waals surface area contributed by atoms with Gasteiger partial charge in [-0.15, -0.1) is 0 Å². The molecule has 3 N–H and O–H groups in total. The monoisotopic (exact) mass is 228 g/mol. The van der Waals surface area contributed by atoms with Crippen LogP contribution in [-0.4, -0.2) is 31.6 Å². The number of hydrogen-bond donors (Lipinski definition) is 2. The summed E-state index contributed by atoms with van der Waals surface area (Å²) in [5.41, 5.74) is 5.23. The van der Waals surface area contributed by atoms with Crippen molar-refractivity contribution in [1.29, 1.82) is 0 Å². The summed E-state index contributed by atoms with van der Waals surface area (Å²) < 4.78 is 4.76. The zero-order valence-corrected chi connectivity index (χ0v) is 9.75. The van der Waals surface area contributed by atoms with Gasteiger partial charge in [0.1, 0.15) is 0 Å². The van der Waals surface area contributed by atoms with Gasteiger partial charge in [0.05, 0.1) is 18.4 Å². The molecule has 0 aromatic rings. The van der Waals surface area contributed by atoms with Gasteiger partial charge in [0.25, 0.3) is 0 Å². The molecule has 16 heavy (non-hydrogen) atoms. The average molecular weight is 228 g/mol. The van der Waals surface area contributed by atoms with Gasteiger partial charge in [0, 0.05) is 13.1 Å². The number of nitrogens with one attached hydrogen (secondary N) is 1. The van der Waals surface area contributed by atoms with Crippen LogP contribution >= 0.6 is 0 Å². The Hall–Kier alpha value is -1.10. The summed E-state index contributed by atoms with van der Waals surface area (Å²) in [7, 11) is 0. The maximum atomic E-state index is 11.8. The minimum absolute atomic E-state index is 0.0226. The lowest BCUT2D eigenvalue weighted by atomic mass is 9.68. The van der Waals surface area contributed by atoms with E-state index >= 15 is 0 Å². The molecule has 1 amide bonds. The summed E-state index contributed by atoms with van der Waals surface area (Å²) >= 11 is 0. The van der Waals surface area contributed by atoms with E-state index in [2.05, 4.69) is 5.32 Å². The summed E-state index contributed by atoms with van der Waals surface area (Å²) in [5, 5.41) is 2.75. The van der Waals surface area contributed by atoms with Crippen LogP contribution < -0.4 is 11.1 Å². The highest BCUT2D eigenvalue weighted by Gasteiger charge is 2.42.